The smallest absolute Gasteiger partial charge is 0.293 e. The molecule has 0 aliphatic carbocycles. The van der Waals surface area contributed by atoms with E-state index in [4.69, 9.17) is 5.73 Å². The highest BCUT2D eigenvalue weighted by atomic mass is 19.1. The first-order chi connectivity index (χ1) is 9.91. The summed E-state index contributed by atoms with van der Waals surface area (Å²) in [5.74, 6) is -1.74. The number of aryl methyl sites for hydroxylation is 1. The lowest BCUT2D eigenvalue weighted by Gasteiger charge is -2.10. The second kappa shape index (κ2) is 5.58. The molecule has 0 aliphatic heterocycles. The summed E-state index contributed by atoms with van der Waals surface area (Å²) >= 11 is 0. The fraction of sp³-hybridized carbons (Fsp3) is 0.0714. The number of nitrogens with one attached hydrogen (secondary N) is 1. The van der Waals surface area contributed by atoms with E-state index in [0.717, 1.165) is 17.7 Å². The van der Waals surface area contributed by atoms with E-state index in [-0.39, 0.29) is 0 Å². The van der Waals surface area contributed by atoms with Gasteiger partial charge in [0.05, 0.1) is 4.92 Å². The Balaban J connectivity index is 2.42. The Bertz CT molecular complexity index is 731. The molecule has 0 radical (unpaired) electrons. The molecular formula is C14H12FN3O3. The molecular weight excluding hydrogens is 277 g/mol. The Labute approximate surface area is 119 Å². The van der Waals surface area contributed by atoms with Crippen molar-refractivity contribution in [1.29, 1.82) is 0 Å². The van der Waals surface area contributed by atoms with Gasteiger partial charge in [0.25, 0.3) is 11.6 Å². The number of amides is 1. The first kappa shape index (κ1) is 14.4. The Hall–Kier alpha value is -2.96. The lowest BCUT2D eigenvalue weighted by molar-refractivity contribution is -0.384. The van der Waals surface area contributed by atoms with E-state index in [9.17, 15) is 19.3 Å². The summed E-state index contributed by atoms with van der Waals surface area (Å²) in [5.41, 5.74) is 5.25. The van der Waals surface area contributed by atoms with Gasteiger partial charge in [-0.05, 0) is 24.6 Å². The zero-order valence-electron chi connectivity index (χ0n) is 11.1. The minimum Gasteiger partial charge on any atom is -0.392 e. The van der Waals surface area contributed by atoms with Gasteiger partial charge in [-0.1, -0.05) is 18.2 Å². The van der Waals surface area contributed by atoms with Crippen molar-refractivity contribution in [2.24, 2.45) is 0 Å². The Morgan fingerprint density at radius 1 is 1.29 bits per heavy atom. The van der Waals surface area contributed by atoms with Crippen molar-refractivity contribution in [3.63, 3.8) is 0 Å². The van der Waals surface area contributed by atoms with Crippen LogP contribution in [0, 0.1) is 22.9 Å². The van der Waals surface area contributed by atoms with Crippen LogP contribution in [-0.2, 0) is 0 Å². The van der Waals surface area contributed by atoms with Crippen LogP contribution in [0.1, 0.15) is 15.9 Å². The van der Waals surface area contributed by atoms with Crippen LogP contribution in [0.3, 0.4) is 0 Å². The van der Waals surface area contributed by atoms with Gasteiger partial charge in [0.2, 0.25) is 0 Å². The van der Waals surface area contributed by atoms with Crippen LogP contribution in [0.2, 0.25) is 0 Å². The van der Waals surface area contributed by atoms with Gasteiger partial charge in [-0.3, -0.25) is 14.9 Å². The standard InChI is InChI=1S/C14H12FN3O3/c1-8-4-2-3-5-10(8)17-14(19)12-9(15)6-7-11(13(12)16)18(20)21/h2-7H,16H2,1H3,(H,17,19). The number of nitrogen functional groups attached to an aromatic ring is 1. The molecule has 21 heavy (non-hydrogen) atoms. The van der Waals surface area contributed by atoms with Crippen molar-refractivity contribution in [1.82, 2.24) is 0 Å². The van der Waals surface area contributed by atoms with Gasteiger partial charge in [-0.25, -0.2) is 4.39 Å². The minimum absolute atomic E-state index is 0.479. The molecule has 2 aromatic rings. The molecule has 108 valence electrons. The molecule has 0 atom stereocenters. The summed E-state index contributed by atoms with van der Waals surface area (Å²) in [5, 5.41) is 13.3. The van der Waals surface area contributed by atoms with Gasteiger partial charge in [0.15, 0.2) is 0 Å². The van der Waals surface area contributed by atoms with E-state index in [1.54, 1.807) is 31.2 Å². The maximum absolute atomic E-state index is 13.8. The number of hydrogen-bond acceptors (Lipinski definition) is 4. The molecule has 0 fully saturated rings. The number of anilines is 2. The molecule has 1 amide bonds. The lowest BCUT2D eigenvalue weighted by Crippen LogP contribution is -2.17. The summed E-state index contributed by atoms with van der Waals surface area (Å²) in [7, 11) is 0. The van der Waals surface area contributed by atoms with Gasteiger partial charge in [0, 0.05) is 11.8 Å². The molecule has 0 saturated carbocycles. The lowest BCUT2D eigenvalue weighted by atomic mass is 10.1. The third kappa shape index (κ3) is 2.81. The molecule has 3 N–H and O–H groups in total. The number of carbonyl (C=O) groups excluding carboxylic acids is 1. The van der Waals surface area contributed by atoms with E-state index in [2.05, 4.69) is 5.32 Å². The largest absolute Gasteiger partial charge is 0.392 e. The molecule has 6 nitrogen and oxygen atoms in total. The molecule has 0 saturated heterocycles. The monoisotopic (exact) mass is 289 g/mol. The van der Waals surface area contributed by atoms with Gasteiger partial charge in [0.1, 0.15) is 17.1 Å². The van der Waals surface area contributed by atoms with E-state index >= 15 is 0 Å². The number of halogens is 1. The molecule has 0 bridgehead atoms. The highest BCUT2D eigenvalue weighted by Crippen LogP contribution is 2.28. The van der Waals surface area contributed by atoms with E-state index in [1.807, 2.05) is 0 Å². The normalized spacial score (nSPS) is 10.2. The van der Waals surface area contributed by atoms with Crippen LogP contribution in [0.25, 0.3) is 0 Å². The quantitative estimate of drug-likeness (QED) is 0.515. The first-order valence-corrected chi connectivity index (χ1v) is 6.01. The zero-order chi connectivity index (χ0) is 15.6. The predicted octanol–water partition coefficient (Wildman–Crippen LogP) is 2.88. The third-order valence-corrected chi connectivity index (χ3v) is 2.99. The van der Waals surface area contributed by atoms with Crippen LogP contribution in [-0.4, -0.2) is 10.8 Å². The van der Waals surface area contributed by atoms with Crippen molar-refractivity contribution in [2.75, 3.05) is 11.1 Å². The first-order valence-electron chi connectivity index (χ1n) is 6.01. The van der Waals surface area contributed by atoms with Gasteiger partial charge in [-0.2, -0.15) is 0 Å². The minimum atomic E-state index is -0.913. The average Bonchev–Trinajstić information content (AvgIpc) is 2.41. The number of hydrogen-bond donors (Lipinski definition) is 2. The second-order valence-electron chi connectivity index (χ2n) is 4.38. The van der Waals surface area contributed by atoms with Crippen LogP contribution in [0.15, 0.2) is 36.4 Å². The van der Waals surface area contributed by atoms with Crippen molar-refractivity contribution in [2.45, 2.75) is 6.92 Å². The number of rotatable bonds is 3. The number of nitro groups is 1. The molecule has 0 aliphatic rings. The van der Waals surface area contributed by atoms with Crippen molar-refractivity contribution < 1.29 is 14.1 Å². The molecule has 0 aromatic heterocycles. The Morgan fingerprint density at radius 2 is 1.95 bits per heavy atom. The van der Waals surface area contributed by atoms with Crippen molar-refractivity contribution in [3.8, 4) is 0 Å². The van der Waals surface area contributed by atoms with Crippen LogP contribution in [0.4, 0.5) is 21.5 Å². The predicted molar refractivity (Wildman–Crippen MR) is 76.6 cm³/mol. The number of nitro benzene ring substituents is 1. The van der Waals surface area contributed by atoms with Gasteiger partial charge in [-0.15, -0.1) is 0 Å². The summed E-state index contributed by atoms with van der Waals surface area (Å²) in [6.45, 7) is 1.77. The van der Waals surface area contributed by atoms with Crippen LogP contribution >= 0.6 is 0 Å². The fourth-order valence-corrected chi connectivity index (χ4v) is 1.87. The SMILES string of the molecule is Cc1ccccc1NC(=O)c1c(F)ccc([N+](=O)[O-])c1N. The highest BCUT2D eigenvalue weighted by Gasteiger charge is 2.24. The molecule has 0 heterocycles. The number of nitrogens with two attached hydrogens (primary N) is 1. The van der Waals surface area contributed by atoms with Gasteiger partial charge >= 0.3 is 0 Å². The van der Waals surface area contributed by atoms with E-state index in [1.165, 1.54) is 0 Å². The number of benzene rings is 2. The molecule has 2 aromatic carbocycles. The molecule has 0 spiro atoms. The second-order valence-corrected chi connectivity index (χ2v) is 4.38. The fourth-order valence-electron chi connectivity index (χ4n) is 1.87. The third-order valence-electron chi connectivity index (χ3n) is 2.99. The summed E-state index contributed by atoms with van der Waals surface area (Å²) in [6, 6.07) is 8.67. The molecule has 7 heteroatoms. The van der Waals surface area contributed by atoms with Crippen LogP contribution in [0.5, 0.6) is 0 Å². The maximum Gasteiger partial charge on any atom is 0.293 e. The average molecular weight is 289 g/mol. The van der Waals surface area contributed by atoms with Gasteiger partial charge < -0.3 is 11.1 Å². The van der Waals surface area contributed by atoms with Crippen molar-refractivity contribution >= 4 is 23.0 Å². The number of nitrogens with zero attached hydrogens (tertiary/aromatic N) is 1. The molecule has 2 rings (SSSR count). The summed E-state index contributed by atoms with van der Waals surface area (Å²) in [4.78, 5) is 22.2. The van der Waals surface area contributed by atoms with E-state index in [0.29, 0.717) is 5.69 Å². The summed E-state index contributed by atoms with van der Waals surface area (Å²) in [6.07, 6.45) is 0. The highest BCUT2D eigenvalue weighted by molar-refractivity contribution is 6.09. The number of para-hydroxylation sites is 1. The Kier molecular flexibility index (Phi) is 3.84. The zero-order valence-corrected chi connectivity index (χ0v) is 11.1. The maximum atomic E-state index is 13.8. The number of carbonyl (C=O) groups is 1. The van der Waals surface area contributed by atoms with E-state index < -0.39 is 33.6 Å². The summed E-state index contributed by atoms with van der Waals surface area (Å²) < 4.78 is 13.8. The molecule has 0 unspecified atom stereocenters. The Morgan fingerprint density at radius 3 is 2.57 bits per heavy atom. The topological polar surface area (TPSA) is 98.3 Å². The van der Waals surface area contributed by atoms with Crippen molar-refractivity contribution in [3.05, 3.63) is 63.5 Å². The van der Waals surface area contributed by atoms with Crippen LogP contribution < -0.4 is 11.1 Å².